The monoisotopic (exact) mass is 279 g/mol. The number of fused-ring (bicyclic) bond motifs is 1. The van der Waals surface area contributed by atoms with Crippen LogP contribution < -0.4 is 4.90 Å². The van der Waals surface area contributed by atoms with Crippen molar-refractivity contribution in [3.8, 4) is 0 Å². The third kappa shape index (κ3) is 1.26. The van der Waals surface area contributed by atoms with Crippen LogP contribution in [0.4, 0.5) is 5.69 Å². The first-order valence-electron chi connectivity index (χ1n) is 5.23. The zero-order chi connectivity index (χ0) is 11.4. The lowest BCUT2D eigenvalue weighted by Crippen LogP contribution is -2.32. The molecule has 2 atom stereocenters. The molecule has 0 bridgehead atoms. The molecule has 4 heteroatoms. The highest BCUT2D eigenvalue weighted by Crippen LogP contribution is 2.48. The van der Waals surface area contributed by atoms with Crippen molar-refractivity contribution < 1.29 is 9.59 Å². The molecule has 3 rings (SSSR count). The van der Waals surface area contributed by atoms with Crippen molar-refractivity contribution in [3.63, 3.8) is 0 Å². The first-order valence-corrected chi connectivity index (χ1v) is 6.03. The van der Waals surface area contributed by atoms with Crippen LogP contribution in [0.2, 0.25) is 0 Å². The van der Waals surface area contributed by atoms with Crippen LogP contribution in [0.3, 0.4) is 0 Å². The summed E-state index contributed by atoms with van der Waals surface area (Å²) in [6.07, 6.45) is 0.751. The average Bonchev–Trinajstić information content (AvgIpc) is 2.98. The predicted molar refractivity (Wildman–Crippen MR) is 63.0 cm³/mol. The van der Waals surface area contributed by atoms with Crippen molar-refractivity contribution in [2.24, 2.45) is 11.8 Å². The first kappa shape index (κ1) is 10.0. The molecular weight excluding hydrogens is 270 g/mol. The fourth-order valence-electron chi connectivity index (χ4n) is 2.16. The Morgan fingerprint density at radius 3 is 2.44 bits per heavy atom. The highest BCUT2D eigenvalue weighted by atomic mass is 79.9. The van der Waals surface area contributed by atoms with Crippen LogP contribution >= 0.6 is 15.9 Å². The zero-order valence-electron chi connectivity index (χ0n) is 8.74. The summed E-state index contributed by atoms with van der Waals surface area (Å²) in [7, 11) is 0. The Morgan fingerprint density at radius 1 is 1.25 bits per heavy atom. The number of carbonyl (C=O) groups is 2. The molecular formula is C12H10BrNO2. The minimum absolute atomic E-state index is 0.0346. The quantitative estimate of drug-likeness (QED) is 0.740. The Kier molecular flexibility index (Phi) is 1.98. The SMILES string of the molecule is Cc1ccc(N2C(=O)C3CC3C2=O)cc1Br. The summed E-state index contributed by atoms with van der Waals surface area (Å²) in [6, 6.07) is 5.56. The molecule has 16 heavy (non-hydrogen) atoms. The Morgan fingerprint density at radius 2 is 1.88 bits per heavy atom. The number of aryl methyl sites for hydroxylation is 1. The largest absolute Gasteiger partial charge is 0.274 e. The van der Waals surface area contributed by atoms with Crippen molar-refractivity contribution in [1.82, 2.24) is 0 Å². The minimum Gasteiger partial charge on any atom is -0.274 e. The van der Waals surface area contributed by atoms with E-state index in [1.165, 1.54) is 4.90 Å². The summed E-state index contributed by atoms with van der Waals surface area (Å²) in [5, 5.41) is 0. The lowest BCUT2D eigenvalue weighted by Gasteiger charge is -2.17. The molecule has 1 saturated carbocycles. The van der Waals surface area contributed by atoms with Gasteiger partial charge in [0.15, 0.2) is 0 Å². The van der Waals surface area contributed by atoms with Crippen LogP contribution in [0, 0.1) is 18.8 Å². The smallest absolute Gasteiger partial charge is 0.237 e. The van der Waals surface area contributed by atoms with Gasteiger partial charge in [-0.25, -0.2) is 0 Å². The molecule has 2 amide bonds. The normalized spacial score (nSPS) is 27.2. The van der Waals surface area contributed by atoms with Gasteiger partial charge in [0.05, 0.1) is 17.5 Å². The Balaban J connectivity index is 2.01. The number of hydrogen-bond acceptors (Lipinski definition) is 2. The topological polar surface area (TPSA) is 37.4 Å². The highest BCUT2D eigenvalue weighted by Gasteiger charge is 2.59. The van der Waals surface area contributed by atoms with Gasteiger partial charge in [-0.2, -0.15) is 0 Å². The lowest BCUT2D eigenvalue weighted by atomic mass is 10.2. The number of amides is 2. The molecule has 0 N–H and O–H groups in total. The molecule has 1 aromatic carbocycles. The van der Waals surface area contributed by atoms with E-state index >= 15 is 0 Å². The molecule has 1 aromatic rings. The molecule has 3 nitrogen and oxygen atoms in total. The standard InChI is InChI=1S/C12H10BrNO2/c1-6-2-3-7(4-10(6)13)14-11(15)8-5-9(8)12(14)16/h2-4,8-9H,5H2,1H3. The van der Waals surface area contributed by atoms with Gasteiger partial charge in [0.1, 0.15) is 0 Å². The molecule has 1 saturated heterocycles. The number of benzene rings is 1. The van der Waals surface area contributed by atoms with E-state index in [1.54, 1.807) is 0 Å². The van der Waals surface area contributed by atoms with Crippen LogP contribution in [-0.2, 0) is 9.59 Å². The van der Waals surface area contributed by atoms with Crippen LogP contribution in [0.15, 0.2) is 22.7 Å². The van der Waals surface area contributed by atoms with E-state index in [4.69, 9.17) is 0 Å². The van der Waals surface area contributed by atoms with Gasteiger partial charge in [0.25, 0.3) is 0 Å². The van der Waals surface area contributed by atoms with E-state index in [0.717, 1.165) is 16.5 Å². The molecule has 2 aliphatic rings. The van der Waals surface area contributed by atoms with Gasteiger partial charge in [-0.05, 0) is 31.0 Å². The van der Waals surface area contributed by atoms with Gasteiger partial charge in [0.2, 0.25) is 11.8 Å². The van der Waals surface area contributed by atoms with E-state index in [9.17, 15) is 9.59 Å². The molecule has 0 radical (unpaired) electrons. The van der Waals surface area contributed by atoms with Gasteiger partial charge < -0.3 is 0 Å². The number of rotatable bonds is 1. The second-order valence-electron chi connectivity index (χ2n) is 4.39. The number of piperidine rings is 1. The number of nitrogens with zero attached hydrogens (tertiary/aromatic N) is 1. The fraction of sp³-hybridized carbons (Fsp3) is 0.333. The van der Waals surface area contributed by atoms with E-state index < -0.39 is 0 Å². The summed E-state index contributed by atoms with van der Waals surface area (Å²) in [6.45, 7) is 1.97. The predicted octanol–water partition coefficient (Wildman–Crippen LogP) is 2.27. The van der Waals surface area contributed by atoms with Crippen molar-refractivity contribution in [3.05, 3.63) is 28.2 Å². The summed E-state index contributed by atoms with van der Waals surface area (Å²) < 4.78 is 0.922. The zero-order valence-corrected chi connectivity index (χ0v) is 10.3. The van der Waals surface area contributed by atoms with Crippen molar-refractivity contribution in [2.45, 2.75) is 13.3 Å². The van der Waals surface area contributed by atoms with Gasteiger partial charge in [-0.3, -0.25) is 14.5 Å². The van der Waals surface area contributed by atoms with Gasteiger partial charge in [-0.15, -0.1) is 0 Å². The first-order chi connectivity index (χ1) is 7.59. The molecule has 1 aliphatic heterocycles. The molecule has 0 spiro atoms. The number of anilines is 1. The van der Waals surface area contributed by atoms with Gasteiger partial charge >= 0.3 is 0 Å². The maximum absolute atomic E-state index is 11.8. The number of imide groups is 1. The summed E-state index contributed by atoms with van der Waals surface area (Å²) >= 11 is 3.41. The van der Waals surface area contributed by atoms with Crippen LogP contribution in [0.1, 0.15) is 12.0 Å². The Bertz CT molecular complexity index is 492. The third-order valence-electron chi connectivity index (χ3n) is 3.28. The molecule has 2 unspecified atom stereocenters. The maximum atomic E-state index is 11.8. The van der Waals surface area contributed by atoms with Crippen LogP contribution in [-0.4, -0.2) is 11.8 Å². The highest BCUT2D eigenvalue weighted by molar-refractivity contribution is 9.10. The van der Waals surface area contributed by atoms with Crippen LogP contribution in [0.25, 0.3) is 0 Å². The fourth-order valence-corrected chi connectivity index (χ4v) is 2.52. The third-order valence-corrected chi connectivity index (χ3v) is 4.13. The second kappa shape index (κ2) is 3.17. The second-order valence-corrected chi connectivity index (χ2v) is 5.25. The summed E-state index contributed by atoms with van der Waals surface area (Å²) in [4.78, 5) is 25.0. The van der Waals surface area contributed by atoms with E-state index in [1.807, 2.05) is 25.1 Å². The van der Waals surface area contributed by atoms with Crippen molar-refractivity contribution in [2.75, 3.05) is 4.90 Å². The van der Waals surface area contributed by atoms with Gasteiger partial charge in [-0.1, -0.05) is 22.0 Å². The van der Waals surface area contributed by atoms with Crippen LogP contribution in [0.5, 0.6) is 0 Å². The van der Waals surface area contributed by atoms with Gasteiger partial charge in [0, 0.05) is 4.47 Å². The number of carbonyl (C=O) groups excluding carboxylic acids is 2. The number of hydrogen-bond donors (Lipinski definition) is 0. The Labute approximate surface area is 102 Å². The van der Waals surface area contributed by atoms with E-state index in [-0.39, 0.29) is 23.7 Å². The number of halogens is 1. The van der Waals surface area contributed by atoms with Crippen molar-refractivity contribution in [1.29, 1.82) is 0 Å². The average molecular weight is 280 g/mol. The van der Waals surface area contributed by atoms with E-state index in [0.29, 0.717) is 5.69 Å². The summed E-state index contributed by atoms with van der Waals surface area (Å²) in [5.74, 6) is -0.142. The van der Waals surface area contributed by atoms with Crippen molar-refractivity contribution >= 4 is 33.4 Å². The minimum atomic E-state index is -0.0363. The maximum Gasteiger partial charge on any atom is 0.237 e. The molecule has 2 fully saturated rings. The lowest BCUT2D eigenvalue weighted by molar-refractivity contribution is -0.123. The Hall–Kier alpha value is -1.16. The molecule has 1 heterocycles. The molecule has 1 aliphatic carbocycles. The summed E-state index contributed by atoms with van der Waals surface area (Å²) in [5.41, 5.74) is 1.77. The molecule has 82 valence electrons. The molecule has 0 aromatic heterocycles. The van der Waals surface area contributed by atoms with E-state index in [2.05, 4.69) is 15.9 Å².